The molecule has 1 heterocycles. The Hall–Kier alpha value is -2.72. The first-order valence-electron chi connectivity index (χ1n) is 7.70. The Morgan fingerprint density at radius 1 is 1.19 bits per heavy atom. The van der Waals surface area contributed by atoms with Crippen LogP contribution in [0, 0.1) is 6.92 Å². The average Bonchev–Trinajstić information content (AvgIpc) is 3.02. The molecule has 27 heavy (non-hydrogen) atoms. The lowest BCUT2D eigenvalue weighted by Crippen LogP contribution is -2.30. The summed E-state index contributed by atoms with van der Waals surface area (Å²) in [5.74, 6) is -2.17. The molecule has 10 heteroatoms. The second kappa shape index (κ2) is 7.89. The maximum absolute atomic E-state index is 12.4. The van der Waals surface area contributed by atoms with Gasteiger partial charge in [-0.25, -0.2) is 13.2 Å². The third-order valence-corrected chi connectivity index (χ3v) is 5.62. The van der Waals surface area contributed by atoms with Crippen LogP contribution in [-0.2, 0) is 19.4 Å². The van der Waals surface area contributed by atoms with Crippen LogP contribution >= 0.6 is 11.3 Å². The number of aryl methyl sites for hydroxylation is 1. The molecular formula is C17H18N2O6S2. The van der Waals surface area contributed by atoms with Crippen LogP contribution in [0.1, 0.15) is 33.2 Å². The fraction of sp³-hybridized carbons (Fsp3) is 0.235. The highest BCUT2D eigenvalue weighted by Gasteiger charge is 2.23. The zero-order valence-electron chi connectivity index (χ0n) is 14.8. The van der Waals surface area contributed by atoms with Crippen LogP contribution in [0.25, 0.3) is 0 Å². The van der Waals surface area contributed by atoms with Crippen molar-refractivity contribution in [3.63, 3.8) is 0 Å². The summed E-state index contributed by atoms with van der Waals surface area (Å²) in [7, 11) is -3.50. The molecule has 8 nitrogen and oxygen atoms in total. The Morgan fingerprint density at radius 2 is 1.85 bits per heavy atom. The molecule has 2 rings (SSSR count). The highest BCUT2D eigenvalue weighted by Crippen LogP contribution is 2.23. The van der Waals surface area contributed by atoms with E-state index in [9.17, 15) is 22.8 Å². The maximum atomic E-state index is 12.4. The van der Waals surface area contributed by atoms with E-state index >= 15 is 0 Å². The van der Waals surface area contributed by atoms with E-state index in [2.05, 4.69) is 5.32 Å². The molecule has 1 unspecified atom stereocenters. The standard InChI is InChI=1S/C17H18N2O6S2/c1-9-4-5-11(27(3,23)24)8-13(9)17(22)25-10(2)15(21)19-16-12(14(18)20)6-7-26-16/h4-8,10H,1-3H3,(H2,18,20)(H,19,21). The molecule has 1 aromatic carbocycles. The van der Waals surface area contributed by atoms with Gasteiger partial charge in [-0.3, -0.25) is 9.59 Å². The number of rotatable bonds is 6. The van der Waals surface area contributed by atoms with E-state index in [1.54, 1.807) is 12.3 Å². The van der Waals surface area contributed by atoms with E-state index in [4.69, 9.17) is 10.5 Å². The first-order chi connectivity index (χ1) is 12.5. The molecule has 0 aliphatic heterocycles. The van der Waals surface area contributed by atoms with Crippen LogP contribution in [-0.4, -0.2) is 38.6 Å². The largest absolute Gasteiger partial charge is 0.449 e. The third-order valence-electron chi connectivity index (χ3n) is 3.68. The van der Waals surface area contributed by atoms with Crippen molar-refractivity contribution in [2.24, 2.45) is 5.73 Å². The Bertz CT molecular complexity index is 1010. The van der Waals surface area contributed by atoms with Crippen molar-refractivity contribution in [2.75, 3.05) is 11.6 Å². The van der Waals surface area contributed by atoms with Gasteiger partial charge in [0.15, 0.2) is 15.9 Å². The molecule has 0 saturated carbocycles. The van der Waals surface area contributed by atoms with Gasteiger partial charge < -0.3 is 15.8 Å². The fourth-order valence-corrected chi connectivity index (χ4v) is 3.59. The average molecular weight is 410 g/mol. The molecule has 0 spiro atoms. The number of carbonyl (C=O) groups is 3. The minimum Gasteiger partial charge on any atom is -0.449 e. The zero-order chi connectivity index (χ0) is 20.4. The Kier molecular flexibility index (Phi) is 6.01. The van der Waals surface area contributed by atoms with Gasteiger partial charge in [0, 0.05) is 6.26 Å². The molecule has 2 amide bonds. The van der Waals surface area contributed by atoms with Crippen molar-refractivity contribution in [2.45, 2.75) is 24.8 Å². The van der Waals surface area contributed by atoms with Crippen molar-refractivity contribution in [3.05, 3.63) is 46.3 Å². The summed E-state index contributed by atoms with van der Waals surface area (Å²) < 4.78 is 28.5. The quantitative estimate of drug-likeness (QED) is 0.697. The topological polar surface area (TPSA) is 133 Å². The first kappa shape index (κ1) is 20.6. The summed E-state index contributed by atoms with van der Waals surface area (Å²) in [5, 5.41) is 4.33. The molecule has 0 bridgehead atoms. The summed E-state index contributed by atoms with van der Waals surface area (Å²) in [6, 6.07) is 5.56. The summed E-state index contributed by atoms with van der Waals surface area (Å²) in [6.07, 6.45) is -0.151. The minimum absolute atomic E-state index is 0.0261. The monoisotopic (exact) mass is 410 g/mol. The molecule has 0 saturated heterocycles. The number of hydrogen-bond acceptors (Lipinski definition) is 7. The van der Waals surface area contributed by atoms with Crippen molar-refractivity contribution < 1.29 is 27.5 Å². The van der Waals surface area contributed by atoms with Gasteiger partial charge in [0.05, 0.1) is 16.0 Å². The molecular weight excluding hydrogens is 392 g/mol. The van der Waals surface area contributed by atoms with Gasteiger partial charge in [-0.05, 0) is 43.0 Å². The van der Waals surface area contributed by atoms with E-state index in [0.717, 1.165) is 17.6 Å². The number of hydrogen-bond donors (Lipinski definition) is 2. The summed E-state index contributed by atoms with van der Waals surface area (Å²) in [4.78, 5) is 35.9. The number of nitrogens with two attached hydrogens (primary N) is 1. The van der Waals surface area contributed by atoms with Gasteiger partial charge in [0.2, 0.25) is 0 Å². The SMILES string of the molecule is Cc1ccc(S(C)(=O)=O)cc1C(=O)OC(C)C(=O)Nc1sccc1C(N)=O. The first-order valence-corrected chi connectivity index (χ1v) is 10.5. The smallest absolute Gasteiger partial charge is 0.339 e. The van der Waals surface area contributed by atoms with E-state index in [-0.39, 0.29) is 21.0 Å². The van der Waals surface area contributed by atoms with Crippen LogP contribution in [0.4, 0.5) is 5.00 Å². The van der Waals surface area contributed by atoms with Crippen molar-refractivity contribution >= 4 is 44.0 Å². The lowest BCUT2D eigenvalue weighted by molar-refractivity contribution is -0.123. The van der Waals surface area contributed by atoms with Crippen LogP contribution in [0.5, 0.6) is 0 Å². The number of amides is 2. The van der Waals surface area contributed by atoms with Gasteiger partial charge >= 0.3 is 5.97 Å². The number of esters is 1. The second-order valence-electron chi connectivity index (χ2n) is 5.81. The molecule has 3 N–H and O–H groups in total. The lowest BCUT2D eigenvalue weighted by Gasteiger charge is -2.14. The number of ether oxygens (including phenoxy) is 1. The molecule has 0 aliphatic carbocycles. The molecule has 144 valence electrons. The van der Waals surface area contributed by atoms with E-state index < -0.39 is 33.7 Å². The number of carbonyl (C=O) groups excluding carboxylic acids is 3. The van der Waals surface area contributed by atoms with Gasteiger partial charge in [0.1, 0.15) is 5.00 Å². The highest BCUT2D eigenvalue weighted by atomic mass is 32.2. The third kappa shape index (κ3) is 4.92. The van der Waals surface area contributed by atoms with E-state index in [1.807, 2.05) is 0 Å². The number of nitrogens with one attached hydrogen (secondary N) is 1. The highest BCUT2D eigenvalue weighted by molar-refractivity contribution is 7.90. The Labute approximate surface area is 160 Å². The van der Waals surface area contributed by atoms with Gasteiger partial charge in [-0.2, -0.15) is 0 Å². The van der Waals surface area contributed by atoms with Gasteiger partial charge in [0.25, 0.3) is 11.8 Å². The Morgan fingerprint density at radius 3 is 2.44 bits per heavy atom. The number of sulfone groups is 1. The predicted octanol–water partition coefficient (Wildman–Crippen LogP) is 1.74. The van der Waals surface area contributed by atoms with E-state index in [0.29, 0.717) is 5.56 Å². The van der Waals surface area contributed by atoms with Crippen molar-refractivity contribution in [1.29, 1.82) is 0 Å². The molecule has 2 aromatic rings. The van der Waals surface area contributed by atoms with Crippen LogP contribution in [0.2, 0.25) is 0 Å². The molecule has 0 aliphatic rings. The second-order valence-corrected chi connectivity index (χ2v) is 8.75. The summed E-state index contributed by atoms with van der Waals surface area (Å²) in [6.45, 7) is 2.98. The van der Waals surface area contributed by atoms with E-state index in [1.165, 1.54) is 31.2 Å². The lowest BCUT2D eigenvalue weighted by atomic mass is 10.1. The van der Waals surface area contributed by atoms with Crippen LogP contribution in [0.3, 0.4) is 0 Å². The molecule has 0 radical (unpaired) electrons. The maximum Gasteiger partial charge on any atom is 0.339 e. The molecule has 0 fully saturated rings. The summed E-state index contributed by atoms with van der Waals surface area (Å²) >= 11 is 1.11. The zero-order valence-corrected chi connectivity index (χ0v) is 16.4. The van der Waals surface area contributed by atoms with Crippen molar-refractivity contribution in [1.82, 2.24) is 0 Å². The van der Waals surface area contributed by atoms with Gasteiger partial charge in [-0.1, -0.05) is 6.07 Å². The number of anilines is 1. The number of thiophene rings is 1. The molecule has 1 aromatic heterocycles. The fourth-order valence-electron chi connectivity index (χ4n) is 2.14. The molecule has 1 atom stereocenters. The van der Waals surface area contributed by atoms with Gasteiger partial charge in [-0.15, -0.1) is 11.3 Å². The van der Waals surface area contributed by atoms with Crippen LogP contribution < -0.4 is 11.1 Å². The number of benzene rings is 1. The van der Waals surface area contributed by atoms with Crippen molar-refractivity contribution in [3.8, 4) is 0 Å². The predicted molar refractivity (Wildman–Crippen MR) is 101 cm³/mol. The Balaban J connectivity index is 2.14. The number of primary amides is 1. The van der Waals surface area contributed by atoms with Crippen LogP contribution in [0.15, 0.2) is 34.5 Å². The minimum atomic E-state index is -3.50. The normalized spacial score (nSPS) is 12.3. The summed E-state index contributed by atoms with van der Waals surface area (Å²) in [5.41, 5.74) is 5.93.